The molecule has 336 valence electrons. The minimum atomic E-state index is -0.833. The van der Waals surface area contributed by atoms with E-state index >= 15 is 0 Å². The molecule has 0 aliphatic rings. The molecule has 3 unspecified atom stereocenters. The maximum absolute atomic E-state index is 13.9. The highest BCUT2D eigenvalue weighted by Crippen LogP contribution is 2.17. The van der Waals surface area contributed by atoms with Gasteiger partial charge in [-0.15, -0.1) is 0 Å². The molecule has 0 rings (SSSR count). The molecule has 0 saturated carbocycles. The molecule has 0 saturated heterocycles. The molecule has 3 atom stereocenters. The Bertz CT molecular complexity index is 984. The zero-order valence-electron chi connectivity index (χ0n) is 38.5. The van der Waals surface area contributed by atoms with E-state index in [2.05, 4.69) is 36.7 Å². The van der Waals surface area contributed by atoms with Gasteiger partial charge in [-0.05, 0) is 40.0 Å². The molecule has 57 heavy (non-hydrogen) atoms. The smallest absolute Gasteiger partial charge is 0.408 e. The third-order valence-corrected chi connectivity index (χ3v) is 11.0. The minimum absolute atomic E-state index is 0.378. The molecule has 3 N–H and O–H groups in total. The average Bonchev–Trinajstić information content (AvgIpc) is 3.17. The van der Waals surface area contributed by atoms with Gasteiger partial charge in [0.1, 0.15) is 23.7 Å². The van der Waals surface area contributed by atoms with E-state index in [9.17, 15) is 19.2 Å². The Labute approximate surface area is 351 Å². The van der Waals surface area contributed by atoms with Gasteiger partial charge in [0.05, 0.1) is 7.11 Å². The van der Waals surface area contributed by atoms with Crippen LogP contribution in [0.4, 0.5) is 4.79 Å². The fourth-order valence-corrected chi connectivity index (χ4v) is 7.43. The van der Waals surface area contributed by atoms with E-state index in [0.29, 0.717) is 19.3 Å². The SMILES string of the molecule is CCCCCCCCCCCCC(NC(=O)OC(C)(C)C)C(=O)NC(CCCCCCCCCCCC)C(=O)NC(CCCCCCCCCCCC)C(=O)OC. The molecular formula is C48H93N3O6. The van der Waals surface area contributed by atoms with Gasteiger partial charge in [0, 0.05) is 0 Å². The van der Waals surface area contributed by atoms with Crippen molar-refractivity contribution in [3.63, 3.8) is 0 Å². The normalized spacial score (nSPS) is 13.1. The van der Waals surface area contributed by atoms with Crippen LogP contribution < -0.4 is 16.0 Å². The first-order valence-corrected chi connectivity index (χ1v) is 24.2. The zero-order chi connectivity index (χ0) is 42.4. The minimum Gasteiger partial charge on any atom is -0.467 e. The molecule has 0 aliphatic carbocycles. The highest BCUT2D eigenvalue weighted by molar-refractivity contribution is 5.93. The number of hydrogen-bond donors (Lipinski definition) is 3. The van der Waals surface area contributed by atoms with E-state index in [1.165, 1.54) is 142 Å². The van der Waals surface area contributed by atoms with Crippen molar-refractivity contribution in [3.05, 3.63) is 0 Å². The summed E-state index contributed by atoms with van der Waals surface area (Å²) in [5.41, 5.74) is -0.711. The van der Waals surface area contributed by atoms with Crippen molar-refractivity contribution in [1.29, 1.82) is 0 Å². The highest BCUT2D eigenvalue weighted by Gasteiger charge is 2.30. The maximum Gasteiger partial charge on any atom is 0.408 e. The Hall–Kier alpha value is -2.32. The van der Waals surface area contributed by atoms with Crippen LogP contribution in [0.2, 0.25) is 0 Å². The Morgan fingerprint density at radius 2 is 0.667 bits per heavy atom. The Morgan fingerprint density at radius 1 is 0.404 bits per heavy atom. The predicted octanol–water partition coefficient (Wildman–Crippen LogP) is 13.0. The molecular weight excluding hydrogens is 715 g/mol. The lowest BCUT2D eigenvalue weighted by atomic mass is 10.0. The van der Waals surface area contributed by atoms with E-state index in [1.54, 1.807) is 20.8 Å². The molecule has 0 spiro atoms. The molecule has 0 fully saturated rings. The summed E-state index contributed by atoms with van der Waals surface area (Å²) in [7, 11) is 1.35. The first-order chi connectivity index (χ1) is 27.5. The van der Waals surface area contributed by atoms with Gasteiger partial charge in [0.15, 0.2) is 0 Å². The van der Waals surface area contributed by atoms with Gasteiger partial charge < -0.3 is 25.4 Å². The molecule has 0 aromatic heterocycles. The summed E-state index contributed by atoms with van der Waals surface area (Å²) in [6.07, 6.45) is 35.9. The first kappa shape index (κ1) is 54.7. The van der Waals surface area contributed by atoms with Crippen molar-refractivity contribution >= 4 is 23.9 Å². The van der Waals surface area contributed by atoms with E-state index < -0.39 is 41.7 Å². The van der Waals surface area contributed by atoms with Crippen LogP contribution in [0.1, 0.15) is 253 Å². The number of amides is 3. The van der Waals surface area contributed by atoms with Crippen molar-refractivity contribution in [2.24, 2.45) is 0 Å². The van der Waals surface area contributed by atoms with E-state index in [1.807, 2.05) is 0 Å². The number of nitrogens with one attached hydrogen (secondary N) is 3. The quantitative estimate of drug-likeness (QED) is 0.0420. The van der Waals surface area contributed by atoms with Gasteiger partial charge in [-0.3, -0.25) is 9.59 Å². The number of rotatable bonds is 39. The summed E-state index contributed by atoms with van der Waals surface area (Å²) in [5.74, 6) is -1.24. The molecule has 3 amide bonds. The lowest BCUT2D eigenvalue weighted by Gasteiger charge is -2.26. The van der Waals surface area contributed by atoms with Crippen molar-refractivity contribution < 1.29 is 28.7 Å². The monoisotopic (exact) mass is 808 g/mol. The van der Waals surface area contributed by atoms with Gasteiger partial charge in [0.2, 0.25) is 11.8 Å². The fraction of sp³-hybridized carbons (Fsp3) is 0.917. The van der Waals surface area contributed by atoms with Crippen LogP contribution in [0.15, 0.2) is 0 Å². The second-order valence-corrected chi connectivity index (χ2v) is 17.8. The summed E-state index contributed by atoms with van der Waals surface area (Å²) < 4.78 is 10.6. The summed E-state index contributed by atoms with van der Waals surface area (Å²) in [6.45, 7) is 12.1. The van der Waals surface area contributed by atoms with Crippen LogP contribution in [0.3, 0.4) is 0 Å². The Kier molecular flexibility index (Phi) is 36.4. The van der Waals surface area contributed by atoms with Gasteiger partial charge in [-0.1, -0.05) is 213 Å². The number of hydrogen-bond acceptors (Lipinski definition) is 6. The van der Waals surface area contributed by atoms with Gasteiger partial charge >= 0.3 is 12.1 Å². The van der Waals surface area contributed by atoms with Gasteiger partial charge in [-0.2, -0.15) is 0 Å². The largest absolute Gasteiger partial charge is 0.467 e. The van der Waals surface area contributed by atoms with Gasteiger partial charge in [0.25, 0.3) is 0 Å². The number of carbonyl (C=O) groups is 4. The molecule has 0 aromatic carbocycles. The second-order valence-electron chi connectivity index (χ2n) is 17.8. The average molecular weight is 808 g/mol. The third-order valence-electron chi connectivity index (χ3n) is 11.0. The lowest BCUT2D eigenvalue weighted by molar-refractivity contribution is -0.145. The molecule has 9 heteroatoms. The summed E-state index contributed by atoms with van der Waals surface area (Å²) in [6, 6.07) is -2.44. The topological polar surface area (TPSA) is 123 Å². The predicted molar refractivity (Wildman–Crippen MR) is 238 cm³/mol. The molecule has 9 nitrogen and oxygen atoms in total. The molecule has 0 radical (unpaired) electrons. The molecule has 0 aromatic rings. The lowest BCUT2D eigenvalue weighted by Crippen LogP contribution is -2.56. The molecule has 0 bridgehead atoms. The van der Waals surface area contributed by atoms with E-state index in [0.717, 1.165) is 57.8 Å². The van der Waals surface area contributed by atoms with Crippen molar-refractivity contribution in [2.45, 2.75) is 277 Å². The number of methoxy groups -OCH3 is 1. The molecule has 0 aliphatic heterocycles. The number of carbonyl (C=O) groups excluding carboxylic acids is 4. The summed E-state index contributed by atoms with van der Waals surface area (Å²) >= 11 is 0. The van der Waals surface area contributed by atoms with Crippen LogP contribution in [0.5, 0.6) is 0 Å². The Balaban J connectivity index is 5.52. The molecule has 0 heterocycles. The van der Waals surface area contributed by atoms with Gasteiger partial charge in [-0.25, -0.2) is 9.59 Å². The highest BCUT2D eigenvalue weighted by atomic mass is 16.6. The summed E-state index contributed by atoms with van der Waals surface area (Å²) in [4.78, 5) is 53.6. The maximum atomic E-state index is 13.9. The van der Waals surface area contributed by atoms with Crippen LogP contribution in [-0.2, 0) is 23.9 Å². The van der Waals surface area contributed by atoms with Crippen molar-refractivity contribution in [2.75, 3.05) is 7.11 Å². The fourth-order valence-electron chi connectivity index (χ4n) is 7.43. The van der Waals surface area contributed by atoms with E-state index in [-0.39, 0.29) is 5.91 Å². The first-order valence-electron chi connectivity index (χ1n) is 24.2. The number of alkyl carbamates (subject to hydrolysis) is 1. The van der Waals surface area contributed by atoms with Crippen molar-refractivity contribution in [1.82, 2.24) is 16.0 Å². The van der Waals surface area contributed by atoms with E-state index in [4.69, 9.17) is 9.47 Å². The van der Waals surface area contributed by atoms with Crippen LogP contribution >= 0.6 is 0 Å². The standard InChI is InChI=1S/C48H93N3O6/c1-8-11-14-17-20-23-26-29-32-35-38-41(44(52)50-43(46(54)56-7)40-37-34-31-28-25-22-19-16-13-10-3)49-45(53)42(51-47(55)57-48(4,5)6)39-36-33-30-27-24-21-18-15-12-9-2/h41-43H,8-40H2,1-7H3,(H,49,53)(H,50,52)(H,51,55). The van der Waals surface area contributed by atoms with Crippen molar-refractivity contribution in [3.8, 4) is 0 Å². The summed E-state index contributed by atoms with van der Waals surface area (Å²) in [5, 5.41) is 8.75. The van der Waals surface area contributed by atoms with Crippen LogP contribution in [0.25, 0.3) is 0 Å². The third kappa shape index (κ3) is 34.3. The Morgan fingerprint density at radius 3 is 0.965 bits per heavy atom. The second kappa shape index (κ2) is 37.9. The number of unbranched alkanes of at least 4 members (excludes halogenated alkanes) is 27. The van der Waals surface area contributed by atoms with Crippen LogP contribution in [0, 0.1) is 0 Å². The number of esters is 1. The zero-order valence-corrected chi connectivity index (χ0v) is 38.5. The van der Waals surface area contributed by atoms with Crippen LogP contribution in [-0.4, -0.2) is 54.7 Å². The number of ether oxygens (including phenoxy) is 2.